The molecule has 0 aliphatic rings. The molecule has 0 unspecified atom stereocenters. The van der Waals surface area contributed by atoms with Crippen LogP contribution in [0.25, 0.3) is 0 Å². The topological polar surface area (TPSA) is 22.1 Å². The number of aromatic nitrogens is 1. The fraction of sp³-hybridized carbons (Fsp3) is 0.375. The Hall–Kier alpha value is -1.47. The minimum absolute atomic E-state index is 0.859. The van der Waals surface area contributed by atoms with Crippen molar-refractivity contribution in [1.82, 2.24) is 4.98 Å². The molecule has 0 fully saturated rings. The van der Waals surface area contributed by atoms with Crippen molar-refractivity contribution in [3.8, 4) is 5.88 Å². The lowest BCUT2D eigenvalue weighted by Gasteiger charge is -2.22. The minimum atomic E-state index is -5.55. The van der Waals surface area contributed by atoms with E-state index in [1.807, 2.05) is 6.07 Å². The Kier molecular flexibility index (Phi) is 3.30. The van der Waals surface area contributed by atoms with Crippen molar-refractivity contribution in [2.75, 3.05) is 0 Å². The van der Waals surface area contributed by atoms with Gasteiger partial charge in [-0.3, -0.25) is 0 Å². The molecule has 0 aliphatic carbocycles. The Balaban J connectivity index is 2.89. The summed E-state index contributed by atoms with van der Waals surface area (Å²) in [5.41, 5.74) is 0. The van der Waals surface area contributed by atoms with Gasteiger partial charge in [0.15, 0.2) is 0 Å². The fourth-order valence-corrected chi connectivity index (χ4v) is 0.806. The summed E-state index contributed by atoms with van der Waals surface area (Å²) in [6.07, 6.45) is -14.0. The Labute approximate surface area is 85.9 Å². The summed E-state index contributed by atoms with van der Waals surface area (Å²) in [5.74, 6) is -0.859. The summed E-state index contributed by atoms with van der Waals surface area (Å²) in [4.78, 5) is 3.17. The second-order valence-corrected chi connectivity index (χ2v) is 2.67. The molecule has 0 atom stereocenters. The van der Waals surface area contributed by atoms with Crippen LogP contribution in [0, 0.1) is 6.07 Å². The number of alkyl halides is 6. The van der Waals surface area contributed by atoms with Gasteiger partial charge in [-0.25, -0.2) is 4.98 Å². The molecule has 8 heteroatoms. The maximum atomic E-state index is 12.0. The van der Waals surface area contributed by atoms with E-state index in [9.17, 15) is 26.3 Å². The van der Waals surface area contributed by atoms with Crippen LogP contribution in [0.15, 0.2) is 18.3 Å². The smallest absolute Gasteiger partial charge is 0.434 e. The van der Waals surface area contributed by atoms with Crippen LogP contribution in [-0.4, -0.2) is 23.4 Å². The second-order valence-electron chi connectivity index (χ2n) is 2.67. The summed E-state index contributed by atoms with van der Waals surface area (Å²) in [6.45, 7) is 0. The Bertz CT molecular complexity index is 319. The van der Waals surface area contributed by atoms with Crippen LogP contribution in [0.2, 0.25) is 0 Å². The highest BCUT2D eigenvalue weighted by Gasteiger charge is 2.59. The van der Waals surface area contributed by atoms with Crippen LogP contribution in [0.5, 0.6) is 5.88 Å². The molecular formula is C8H4F6NO. The van der Waals surface area contributed by atoms with Gasteiger partial charge >= 0.3 is 12.4 Å². The van der Waals surface area contributed by atoms with Gasteiger partial charge in [0.2, 0.25) is 5.88 Å². The van der Waals surface area contributed by atoms with Crippen molar-refractivity contribution in [2.45, 2.75) is 18.5 Å². The van der Waals surface area contributed by atoms with Crippen LogP contribution >= 0.6 is 0 Å². The summed E-state index contributed by atoms with van der Waals surface area (Å²) >= 11 is 0. The van der Waals surface area contributed by atoms with Crippen LogP contribution in [0.1, 0.15) is 0 Å². The number of rotatable bonds is 2. The van der Waals surface area contributed by atoms with Crippen molar-refractivity contribution in [3.05, 3.63) is 24.4 Å². The average Bonchev–Trinajstić information content (AvgIpc) is 2.12. The lowest BCUT2D eigenvalue weighted by atomic mass is 10.3. The van der Waals surface area contributed by atoms with Gasteiger partial charge < -0.3 is 4.74 Å². The molecule has 0 saturated heterocycles. The number of ether oxygens (including phenoxy) is 1. The molecule has 0 N–H and O–H groups in total. The number of nitrogens with zero attached hydrogens (tertiary/aromatic N) is 1. The molecule has 0 spiro atoms. The van der Waals surface area contributed by atoms with E-state index in [-0.39, 0.29) is 0 Å². The van der Waals surface area contributed by atoms with E-state index in [0.717, 1.165) is 12.3 Å². The normalized spacial score (nSPS) is 12.9. The average molecular weight is 244 g/mol. The highest BCUT2D eigenvalue weighted by Crippen LogP contribution is 2.35. The number of halogens is 6. The third-order valence-corrected chi connectivity index (χ3v) is 1.40. The Morgan fingerprint density at radius 3 is 2.06 bits per heavy atom. The van der Waals surface area contributed by atoms with Crippen LogP contribution in [0.3, 0.4) is 0 Å². The van der Waals surface area contributed by atoms with Crippen molar-refractivity contribution >= 4 is 0 Å². The van der Waals surface area contributed by atoms with E-state index < -0.39 is 24.3 Å². The van der Waals surface area contributed by atoms with Gasteiger partial charge in [0.25, 0.3) is 6.10 Å². The van der Waals surface area contributed by atoms with Crippen molar-refractivity contribution < 1.29 is 31.1 Å². The first-order valence-electron chi connectivity index (χ1n) is 3.84. The molecule has 0 bridgehead atoms. The molecule has 1 heterocycles. The molecule has 0 saturated carbocycles. The molecule has 1 rings (SSSR count). The molecule has 0 aromatic carbocycles. The molecule has 89 valence electrons. The van der Waals surface area contributed by atoms with Crippen molar-refractivity contribution in [1.29, 1.82) is 0 Å². The van der Waals surface area contributed by atoms with Gasteiger partial charge in [0.05, 0.1) is 0 Å². The lowest BCUT2D eigenvalue weighted by molar-refractivity contribution is -0.300. The van der Waals surface area contributed by atoms with E-state index in [1.165, 1.54) is 6.07 Å². The predicted molar refractivity (Wildman–Crippen MR) is 39.6 cm³/mol. The van der Waals surface area contributed by atoms with Crippen LogP contribution < -0.4 is 4.74 Å². The quantitative estimate of drug-likeness (QED) is 0.746. The first-order valence-corrected chi connectivity index (χ1v) is 3.84. The number of pyridine rings is 1. The molecule has 1 radical (unpaired) electrons. The van der Waals surface area contributed by atoms with Gasteiger partial charge in [-0.05, 0) is 12.1 Å². The summed E-state index contributed by atoms with van der Waals surface area (Å²) in [7, 11) is 0. The lowest BCUT2D eigenvalue weighted by Crippen LogP contribution is -2.46. The Morgan fingerprint density at radius 1 is 1.12 bits per heavy atom. The molecule has 16 heavy (non-hydrogen) atoms. The molecular weight excluding hydrogens is 240 g/mol. The maximum Gasteiger partial charge on any atom is 0.434 e. The minimum Gasteiger partial charge on any atom is -0.454 e. The standard InChI is InChI=1S/C8H4F6NO/c9-7(10,11)6(8(12,13)14)16-5-3-1-2-4-15-5/h1-2,4,6H. The van der Waals surface area contributed by atoms with Gasteiger partial charge in [-0.2, -0.15) is 26.3 Å². The molecule has 1 aromatic rings. The van der Waals surface area contributed by atoms with Crippen LogP contribution in [0.4, 0.5) is 26.3 Å². The van der Waals surface area contributed by atoms with Gasteiger partial charge in [0.1, 0.15) is 0 Å². The molecule has 2 nitrogen and oxygen atoms in total. The molecule has 1 aromatic heterocycles. The zero-order chi connectivity index (χ0) is 12.4. The summed E-state index contributed by atoms with van der Waals surface area (Å²) in [6, 6.07) is 4.38. The van der Waals surface area contributed by atoms with Gasteiger partial charge in [0, 0.05) is 12.3 Å². The van der Waals surface area contributed by atoms with E-state index in [2.05, 4.69) is 9.72 Å². The van der Waals surface area contributed by atoms with Crippen LogP contribution in [-0.2, 0) is 0 Å². The zero-order valence-corrected chi connectivity index (χ0v) is 7.43. The molecule has 0 aliphatic heterocycles. The predicted octanol–water partition coefficient (Wildman–Crippen LogP) is 2.75. The largest absolute Gasteiger partial charge is 0.454 e. The number of hydrogen-bond donors (Lipinski definition) is 0. The van der Waals surface area contributed by atoms with Crippen molar-refractivity contribution in [3.63, 3.8) is 0 Å². The second kappa shape index (κ2) is 4.18. The number of hydrogen-bond acceptors (Lipinski definition) is 2. The van der Waals surface area contributed by atoms with Gasteiger partial charge in [-0.1, -0.05) is 0 Å². The summed E-state index contributed by atoms with van der Waals surface area (Å²) < 4.78 is 75.8. The third kappa shape index (κ3) is 3.28. The SMILES string of the molecule is FC(F)(F)C(Oc1[c]cccn1)C(F)(F)F. The first kappa shape index (κ1) is 12.6. The first-order chi connectivity index (χ1) is 7.21. The van der Waals surface area contributed by atoms with E-state index >= 15 is 0 Å². The van der Waals surface area contributed by atoms with E-state index in [1.54, 1.807) is 0 Å². The highest BCUT2D eigenvalue weighted by molar-refractivity contribution is 5.08. The zero-order valence-electron chi connectivity index (χ0n) is 7.43. The fourth-order valence-electron chi connectivity index (χ4n) is 0.806. The molecule has 0 amide bonds. The summed E-state index contributed by atoms with van der Waals surface area (Å²) in [5, 5.41) is 0. The van der Waals surface area contributed by atoms with E-state index in [0.29, 0.717) is 0 Å². The maximum absolute atomic E-state index is 12.0. The third-order valence-electron chi connectivity index (χ3n) is 1.40. The van der Waals surface area contributed by atoms with E-state index in [4.69, 9.17) is 0 Å². The van der Waals surface area contributed by atoms with Crippen molar-refractivity contribution in [2.24, 2.45) is 0 Å². The monoisotopic (exact) mass is 244 g/mol. The highest BCUT2D eigenvalue weighted by atomic mass is 19.4. The Morgan fingerprint density at radius 2 is 1.69 bits per heavy atom. The van der Waals surface area contributed by atoms with Gasteiger partial charge in [-0.15, -0.1) is 0 Å².